The molecule has 113 valence electrons. The van der Waals surface area contributed by atoms with E-state index < -0.39 is 0 Å². The van der Waals surface area contributed by atoms with Crippen molar-refractivity contribution in [3.63, 3.8) is 0 Å². The van der Waals surface area contributed by atoms with Gasteiger partial charge in [0.1, 0.15) is 0 Å². The highest BCUT2D eigenvalue weighted by Crippen LogP contribution is 2.10. The fourth-order valence-corrected chi connectivity index (χ4v) is 2.50. The number of rotatable bonds is 13. The summed E-state index contributed by atoms with van der Waals surface area (Å²) in [6.45, 7) is 4.20. The van der Waals surface area contributed by atoms with Gasteiger partial charge in [-0.2, -0.15) is 0 Å². The quantitative estimate of drug-likeness (QED) is 0.409. The fraction of sp³-hybridized carbons (Fsp3) is 0.684. The highest BCUT2D eigenvalue weighted by molar-refractivity contribution is 5.14. The third kappa shape index (κ3) is 10.0. The van der Waals surface area contributed by atoms with Crippen molar-refractivity contribution in [2.24, 2.45) is 0 Å². The maximum atomic E-state index is 4.61. The maximum absolute atomic E-state index is 4.61. The summed E-state index contributed by atoms with van der Waals surface area (Å²) in [5.74, 6) is 0. The van der Waals surface area contributed by atoms with E-state index in [4.69, 9.17) is 0 Å². The lowest BCUT2D eigenvalue weighted by Gasteiger charge is -2.03. The second-order valence-corrected chi connectivity index (χ2v) is 5.77. The van der Waals surface area contributed by atoms with Crippen LogP contribution in [0.4, 0.5) is 0 Å². The van der Waals surface area contributed by atoms with E-state index in [0.717, 1.165) is 13.1 Å². The van der Waals surface area contributed by atoms with Crippen LogP contribution in [0.1, 0.15) is 76.7 Å². The summed E-state index contributed by atoms with van der Waals surface area (Å²) in [6, 6.07) is 10.5. The Hall–Kier alpha value is -0.820. The van der Waals surface area contributed by atoms with Crippen molar-refractivity contribution in [2.75, 3.05) is 6.54 Å². The first-order valence-electron chi connectivity index (χ1n) is 8.60. The Morgan fingerprint density at radius 3 is 1.85 bits per heavy atom. The third-order valence-corrected chi connectivity index (χ3v) is 3.81. The SMILES string of the molecule is CCCCCCCCCCCC[N]Cc1ccccc1. The molecule has 1 aromatic carbocycles. The summed E-state index contributed by atoms with van der Waals surface area (Å²) in [7, 11) is 0. The first-order chi connectivity index (χ1) is 9.93. The Kier molecular flexibility index (Phi) is 11.4. The maximum Gasteiger partial charge on any atom is 0.0384 e. The van der Waals surface area contributed by atoms with E-state index in [2.05, 4.69) is 42.6 Å². The van der Waals surface area contributed by atoms with E-state index in [-0.39, 0.29) is 0 Å². The topological polar surface area (TPSA) is 14.1 Å². The molecule has 1 heteroatoms. The van der Waals surface area contributed by atoms with Crippen LogP contribution in [-0.2, 0) is 6.54 Å². The zero-order valence-electron chi connectivity index (χ0n) is 13.3. The molecule has 0 fully saturated rings. The largest absolute Gasteiger partial charge is 0.237 e. The van der Waals surface area contributed by atoms with Crippen molar-refractivity contribution in [3.8, 4) is 0 Å². The molecule has 0 aliphatic heterocycles. The van der Waals surface area contributed by atoms with Gasteiger partial charge in [0.15, 0.2) is 0 Å². The van der Waals surface area contributed by atoms with Crippen LogP contribution >= 0.6 is 0 Å². The second-order valence-electron chi connectivity index (χ2n) is 5.77. The molecule has 1 rings (SSSR count). The molecule has 0 aliphatic carbocycles. The van der Waals surface area contributed by atoms with Gasteiger partial charge in [-0.15, -0.1) is 0 Å². The second kappa shape index (κ2) is 13.2. The standard InChI is InChI=1S/C19H32N/c1-2-3-4-5-6-7-8-9-10-14-17-20-18-19-15-12-11-13-16-19/h11-13,15-16H,2-10,14,17-18H2,1H3. The molecule has 0 aromatic heterocycles. The monoisotopic (exact) mass is 274 g/mol. The first-order valence-corrected chi connectivity index (χ1v) is 8.60. The van der Waals surface area contributed by atoms with Crippen LogP contribution in [-0.4, -0.2) is 6.54 Å². The summed E-state index contributed by atoms with van der Waals surface area (Å²) in [5, 5.41) is 4.61. The molecule has 1 nitrogen and oxygen atoms in total. The molecule has 1 radical (unpaired) electrons. The summed E-state index contributed by atoms with van der Waals surface area (Å²) in [4.78, 5) is 0. The molecule has 0 saturated heterocycles. The van der Waals surface area contributed by atoms with E-state index in [1.165, 1.54) is 69.8 Å². The summed E-state index contributed by atoms with van der Waals surface area (Å²) in [5.41, 5.74) is 1.33. The molecule has 0 bridgehead atoms. The Labute approximate surface area is 126 Å². The molecular weight excluding hydrogens is 242 g/mol. The minimum Gasteiger partial charge on any atom is -0.237 e. The minimum absolute atomic E-state index is 0.887. The van der Waals surface area contributed by atoms with Gasteiger partial charge in [-0.3, -0.25) is 0 Å². The van der Waals surface area contributed by atoms with Gasteiger partial charge >= 0.3 is 0 Å². The van der Waals surface area contributed by atoms with Gasteiger partial charge in [0.25, 0.3) is 0 Å². The molecule has 0 heterocycles. The summed E-state index contributed by atoms with van der Waals surface area (Å²) >= 11 is 0. The summed E-state index contributed by atoms with van der Waals surface area (Å²) < 4.78 is 0. The Morgan fingerprint density at radius 2 is 1.25 bits per heavy atom. The van der Waals surface area contributed by atoms with Crippen LogP contribution in [0, 0.1) is 0 Å². The molecule has 0 unspecified atom stereocenters. The van der Waals surface area contributed by atoms with E-state index >= 15 is 0 Å². The van der Waals surface area contributed by atoms with Crippen LogP contribution in [0.5, 0.6) is 0 Å². The first kappa shape index (κ1) is 17.2. The van der Waals surface area contributed by atoms with Crippen molar-refractivity contribution in [1.82, 2.24) is 5.32 Å². The molecule has 1 aromatic rings. The number of nitrogens with zero attached hydrogens (tertiary/aromatic N) is 1. The zero-order valence-corrected chi connectivity index (χ0v) is 13.3. The molecule has 0 N–H and O–H groups in total. The Bertz CT molecular complexity index is 294. The van der Waals surface area contributed by atoms with Crippen LogP contribution in [0.3, 0.4) is 0 Å². The molecule has 0 saturated carbocycles. The molecule has 0 aliphatic rings. The van der Waals surface area contributed by atoms with Gasteiger partial charge in [0.2, 0.25) is 0 Å². The van der Waals surface area contributed by atoms with Crippen LogP contribution < -0.4 is 5.32 Å². The van der Waals surface area contributed by atoms with Gasteiger partial charge < -0.3 is 0 Å². The molecule has 0 atom stereocenters. The lowest BCUT2D eigenvalue weighted by Crippen LogP contribution is -2.06. The third-order valence-electron chi connectivity index (χ3n) is 3.81. The zero-order chi connectivity index (χ0) is 14.3. The lowest BCUT2D eigenvalue weighted by atomic mass is 10.1. The average Bonchev–Trinajstić information content (AvgIpc) is 2.49. The number of benzene rings is 1. The van der Waals surface area contributed by atoms with Gasteiger partial charge in [0.05, 0.1) is 0 Å². The normalized spacial score (nSPS) is 10.8. The average molecular weight is 274 g/mol. The Morgan fingerprint density at radius 1 is 0.700 bits per heavy atom. The highest BCUT2D eigenvalue weighted by atomic mass is 14.8. The molecular formula is C19H32N. The van der Waals surface area contributed by atoms with Crippen molar-refractivity contribution in [2.45, 2.75) is 77.7 Å². The van der Waals surface area contributed by atoms with Crippen LogP contribution in [0.2, 0.25) is 0 Å². The van der Waals surface area contributed by atoms with Crippen molar-refractivity contribution in [1.29, 1.82) is 0 Å². The number of unbranched alkanes of at least 4 members (excludes halogenated alkanes) is 9. The van der Waals surface area contributed by atoms with Crippen LogP contribution in [0.25, 0.3) is 0 Å². The summed E-state index contributed by atoms with van der Waals surface area (Å²) in [6.07, 6.45) is 14.0. The Balaban J connectivity index is 1.77. The fourth-order valence-electron chi connectivity index (χ4n) is 2.50. The van der Waals surface area contributed by atoms with E-state index in [0.29, 0.717) is 0 Å². The molecule has 0 amide bonds. The van der Waals surface area contributed by atoms with Gasteiger partial charge in [-0.1, -0.05) is 95.0 Å². The smallest absolute Gasteiger partial charge is 0.0384 e. The van der Waals surface area contributed by atoms with Gasteiger partial charge in [0, 0.05) is 13.1 Å². The number of hydrogen-bond donors (Lipinski definition) is 0. The number of hydrogen-bond acceptors (Lipinski definition) is 0. The minimum atomic E-state index is 0.887. The van der Waals surface area contributed by atoms with Crippen LogP contribution in [0.15, 0.2) is 30.3 Å². The van der Waals surface area contributed by atoms with Crippen molar-refractivity contribution >= 4 is 0 Å². The predicted molar refractivity (Wildman–Crippen MR) is 89.0 cm³/mol. The van der Waals surface area contributed by atoms with Gasteiger partial charge in [-0.25, -0.2) is 5.32 Å². The molecule has 20 heavy (non-hydrogen) atoms. The van der Waals surface area contributed by atoms with E-state index in [1.807, 2.05) is 0 Å². The van der Waals surface area contributed by atoms with E-state index in [1.54, 1.807) is 0 Å². The lowest BCUT2D eigenvalue weighted by molar-refractivity contribution is 0.541. The molecule has 0 spiro atoms. The van der Waals surface area contributed by atoms with E-state index in [9.17, 15) is 0 Å². The highest BCUT2D eigenvalue weighted by Gasteiger charge is 1.94. The van der Waals surface area contributed by atoms with Crippen molar-refractivity contribution in [3.05, 3.63) is 35.9 Å². The van der Waals surface area contributed by atoms with Crippen molar-refractivity contribution < 1.29 is 0 Å². The predicted octanol–water partition coefficient (Wildman–Crippen LogP) is 5.71. The van der Waals surface area contributed by atoms with Gasteiger partial charge in [-0.05, 0) is 12.0 Å².